The number of carbonyl (C=O) groups excluding carboxylic acids is 1. The lowest BCUT2D eigenvalue weighted by molar-refractivity contribution is -0.142. The highest BCUT2D eigenvalue weighted by Crippen LogP contribution is 2.20. The molecule has 2 heterocycles. The number of unbranched alkanes of at least 4 members (excludes halogenated alkanes) is 3. The Balaban J connectivity index is 1.93. The number of carboxylic acids is 1. The summed E-state index contributed by atoms with van der Waals surface area (Å²) in [7, 11) is 0. The van der Waals surface area contributed by atoms with Gasteiger partial charge in [-0.1, -0.05) is 26.2 Å². The summed E-state index contributed by atoms with van der Waals surface area (Å²) in [5.74, 6) is -0.996. The molecule has 0 spiro atoms. The number of aromatic nitrogens is 2. The van der Waals surface area contributed by atoms with E-state index >= 15 is 0 Å². The van der Waals surface area contributed by atoms with Gasteiger partial charge in [-0.3, -0.25) is 0 Å². The predicted octanol–water partition coefficient (Wildman–Crippen LogP) is 1.51. The molecular formula is C14H22N4O3. The molecule has 7 heteroatoms. The molecule has 1 aromatic heterocycles. The van der Waals surface area contributed by atoms with Gasteiger partial charge in [-0.25, -0.2) is 14.6 Å². The molecule has 0 fully saturated rings. The first-order valence-electron chi connectivity index (χ1n) is 7.42. The number of H-pyrrole nitrogens is 1. The van der Waals surface area contributed by atoms with E-state index in [9.17, 15) is 14.7 Å². The Hall–Kier alpha value is -2.05. The molecule has 0 bridgehead atoms. The molecule has 1 aromatic rings. The van der Waals surface area contributed by atoms with Gasteiger partial charge in [-0.15, -0.1) is 0 Å². The largest absolute Gasteiger partial charge is 0.480 e. The molecule has 0 aromatic carbocycles. The molecule has 3 N–H and O–H groups in total. The zero-order valence-electron chi connectivity index (χ0n) is 12.3. The van der Waals surface area contributed by atoms with E-state index in [4.69, 9.17) is 0 Å². The zero-order chi connectivity index (χ0) is 15.2. The van der Waals surface area contributed by atoms with Crippen LogP contribution in [0.1, 0.15) is 44.0 Å². The molecule has 21 heavy (non-hydrogen) atoms. The summed E-state index contributed by atoms with van der Waals surface area (Å²) in [4.78, 5) is 32.0. The van der Waals surface area contributed by atoms with Crippen LogP contribution in [0.15, 0.2) is 6.33 Å². The molecule has 1 aliphatic heterocycles. The number of aliphatic carboxylic acids is 1. The summed E-state index contributed by atoms with van der Waals surface area (Å²) in [6, 6.07) is -1.17. The van der Waals surface area contributed by atoms with Crippen molar-refractivity contribution in [2.75, 3.05) is 6.54 Å². The van der Waals surface area contributed by atoms with Crippen LogP contribution in [-0.2, 0) is 17.8 Å². The van der Waals surface area contributed by atoms with Crippen molar-refractivity contribution in [1.82, 2.24) is 20.2 Å². The molecule has 116 valence electrons. The predicted molar refractivity (Wildman–Crippen MR) is 76.8 cm³/mol. The molecule has 2 amide bonds. The van der Waals surface area contributed by atoms with E-state index in [-0.39, 0.29) is 19.0 Å². The van der Waals surface area contributed by atoms with Gasteiger partial charge >= 0.3 is 12.0 Å². The summed E-state index contributed by atoms with van der Waals surface area (Å²) in [5.41, 5.74) is 1.54. The van der Waals surface area contributed by atoms with Crippen LogP contribution >= 0.6 is 0 Å². The average molecular weight is 294 g/mol. The van der Waals surface area contributed by atoms with Crippen molar-refractivity contribution in [2.24, 2.45) is 0 Å². The molecule has 7 nitrogen and oxygen atoms in total. The van der Waals surface area contributed by atoms with Gasteiger partial charge in [0.15, 0.2) is 0 Å². The van der Waals surface area contributed by atoms with Gasteiger partial charge in [0.25, 0.3) is 0 Å². The third kappa shape index (κ3) is 3.74. The van der Waals surface area contributed by atoms with E-state index in [0.29, 0.717) is 6.54 Å². The monoisotopic (exact) mass is 294 g/mol. The van der Waals surface area contributed by atoms with Crippen LogP contribution in [0.25, 0.3) is 0 Å². The van der Waals surface area contributed by atoms with Gasteiger partial charge in [0.1, 0.15) is 6.04 Å². The molecule has 0 radical (unpaired) electrons. The Morgan fingerprint density at radius 1 is 1.48 bits per heavy atom. The lowest BCUT2D eigenvalue weighted by atomic mass is 10.0. The van der Waals surface area contributed by atoms with Crippen LogP contribution in [0.2, 0.25) is 0 Å². The quantitative estimate of drug-likeness (QED) is 0.693. The van der Waals surface area contributed by atoms with Crippen molar-refractivity contribution in [3.63, 3.8) is 0 Å². The number of aromatic amines is 1. The molecule has 1 atom stereocenters. The van der Waals surface area contributed by atoms with Crippen molar-refractivity contribution in [3.8, 4) is 0 Å². The molecule has 0 saturated heterocycles. The maximum absolute atomic E-state index is 12.2. The Morgan fingerprint density at radius 2 is 2.29 bits per heavy atom. The number of fused-ring (bicyclic) bond motifs is 1. The summed E-state index contributed by atoms with van der Waals surface area (Å²) < 4.78 is 0. The summed E-state index contributed by atoms with van der Waals surface area (Å²) in [6.45, 7) is 2.97. The fourth-order valence-electron chi connectivity index (χ4n) is 2.52. The summed E-state index contributed by atoms with van der Waals surface area (Å²) in [5, 5.41) is 12.1. The normalized spacial score (nSPS) is 17.4. The topological polar surface area (TPSA) is 98.3 Å². The number of urea groups is 1. The number of nitrogens with one attached hydrogen (secondary N) is 2. The van der Waals surface area contributed by atoms with Crippen molar-refractivity contribution < 1.29 is 14.7 Å². The van der Waals surface area contributed by atoms with Crippen LogP contribution in [0, 0.1) is 0 Å². The number of carboxylic acid groups (broad SMARTS) is 1. The van der Waals surface area contributed by atoms with Gasteiger partial charge in [-0.05, 0) is 6.42 Å². The second-order valence-electron chi connectivity index (χ2n) is 5.31. The second-order valence-corrected chi connectivity index (χ2v) is 5.31. The first kappa shape index (κ1) is 15.3. The van der Waals surface area contributed by atoms with E-state index in [1.807, 2.05) is 0 Å². The minimum Gasteiger partial charge on any atom is -0.480 e. The lowest BCUT2D eigenvalue weighted by Crippen LogP contribution is -2.52. The zero-order valence-corrected chi connectivity index (χ0v) is 12.3. The standard InChI is InChI=1S/C14H22N4O3/c1-2-3-4-5-6-15-14(21)18-8-11-10(16-9-17-11)7-12(18)13(19)20/h9,12H,2-8H2,1H3,(H,15,21)(H,16,17)(H,19,20). The maximum atomic E-state index is 12.2. The minimum atomic E-state index is -0.996. The number of hydrogen-bond acceptors (Lipinski definition) is 3. The van der Waals surface area contributed by atoms with Gasteiger partial charge < -0.3 is 20.3 Å². The van der Waals surface area contributed by atoms with Crippen molar-refractivity contribution in [1.29, 1.82) is 0 Å². The smallest absolute Gasteiger partial charge is 0.326 e. The number of nitrogens with zero attached hydrogens (tertiary/aromatic N) is 2. The summed E-state index contributed by atoms with van der Waals surface area (Å²) in [6.07, 6.45) is 6.07. The molecule has 1 unspecified atom stereocenters. The van der Waals surface area contributed by atoms with E-state index in [0.717, 1.165) is 37.1 Å². The van der Waals surface area contributed by atoms with Gasteiger partial charge in [0.2, 0.25) is 0 Å². The SMILES string of the molecule is CCCCCCNC(=O)N1Cc2[nH]cnc2CC1C(=O)O. The molecule has 0 aliphatic carbocycles. The number of carbonyl (C=O) groups is 2. The van der Waals surface area contributed by atoms with E-state index in [2.05, 4.69) is 22.2 Å². The van der Waals surface area contributed by atoms with Gasteiger partial charge in [0, 0.05) is 13.0 Å². The lowest BCUT2D eigenvalue weighted by Gasteiger charge is -2.32. The van der Waals surface area contributed by atoms with E-state index < -0.39 is 12.0 Å². The second kappa shape index (κ2) is 7.10. The van der Waals surface area contributed by atoms with Crippen LogP contribution in [0.5, 0.6) is 0 Å². The minimum absolute atomic E-state index is 0.247. The van der Waals surface area contributed by atoms with Crippen LogP contribution in [-0.4, -0.2) is 44.6 Å². The maximum Gasteiger partial charge on any atom is 0.326 e. The third-order valence-electron chi connectivity index (χ3n) is 3.75. The van der Waals surface area contributed by atoms with Crippen LogP contribution in [0.3, 0.4) is 0 Å². The average Bonchev–Trinajstić information content (AvgIpc) is 2.92. The number of amides is 2. The molecule has 2 rings (SSSR count). The van der Waals surface area contributed by atoms with E-state index in [1.165, 1.54) is 11.2 Å². The van der Waals surface area contributed by atoms with Crippen LogP contribution in [0.4, 0.5) is 4.79 Å². The molecule has 1 aliphatic rings. The first-order chi connectivity index (χ1) is 10.1. The third-order valence-corrected chi connectivity index (χ3v) is 3.75. The van der Waals surface area contributed by atoms with Gasteiger partial charge in [0.05, 0.1) is 24.3 Å². The highest BCUT2D eigenvalue weighted by atomic mass is 16.4. The fourth-order valence-corrected chi connectivity index (χ4v) is 2.52. The highest BCUT2D eigenvalue weighted by molar-refractivity contribution is 5.83. The van der Waals surface area contributed by atoms with E-state index in [1.54, 1.807) is 0 Å². The number of rotatable bonds is 6. The molecule has 0 saturated carbocycles. The van der Waals surface area contributed by atoms with Crippen LogP contribution < -0.4 is 5.32 Å². The Kier molecular flexibility index (Phi) is 5.19. The Morgan fingerprint density at radius 3 is 3.00 bits per heavy atom. The van der Waals surface area contributed by atoms with Gasteiger partial charge in [-0.2, -0.15) is 0 Å². The van der Waals surface area contributed by atoms with Crippen molar-refractivity contribution in [2.45, 2.75) is 51.6 Å². The number of imidazole rings is 1. The van der Waals surface area contributed by atoms with Crippen molar-refractivity contribution in [3.05, 3.63) is 17.7 Å². The fraction of sp³-hybridized carbons (Fsp3) is 0.643. The first-order valence-corrected chi connectivity index (χ1v) is 7.42. The molecular weight excluding hydrogens is 272 g/mol. The Labute approximate surface area is 123 Å². The number of hydrogen-bond donors (Lipinski definition) is 3. The summed E-state index contributed by atoms with van der Waals surface area (Å²) >= 11 is 0. The van der Waals surface area contributed by atoms with Crippen molar-refractivity contribution >= 4 is 12.0 Å². The highest BCUT2D eigenvalue weighted by Gasteiger charge is 2.35. The Bertz CT molecular complexity index is 500.